The minimum atomic E-state index is -2.95. The summed E-state index contributed by atoms with van der Waals surface area (Å²) in [5.41, 5.74) is 2.91. The molecule has 0 saturated carbocycles. The maximum atomic E-state index is 5.51. The molecule has 0 amide bonds. The molecule has 0 aliphatic rings. The van der Waals surface area contributed by atoms with Crippen LogP contribution in [0.15, 0.2) is 0 Å². The predicted octanol–water partition coefficient (Wildman–Crippen LogP) is 0.579. The minimum Gasteiger partial charge on any atom is -0.367 e. The number of rotatable bonds is 10. The van der Waals surface area contributed by atoms with E-state index in [1.807, 2.05) is 0 Å². The molecule has 0 unspecified atom stereocenters. The van der Waals surface area contributed by atoms with Gasteiger partial charge in [-0.1, -0.05) is 0 Å². The van der Waals surface area contributed by atoms with Crippen molar-refractivity contribution < 1.29 is 31.0 Å². The molecule has 0 aromatic heterocycles. The summed E-state index contributed by atoms with van der Waals surface area (Å²) in [4.78, 5) is 0. The van der Waals surface area contributed by atoms with Gasteiger partial charge in [-0.15, -0.1) is 5.92 Å². The Labute approximate surface area is 123 Å². The molecule has 0 heterocycles. The highest BCUT2D eigenvalue weighted by Gasteiger charge is 2.42. The zero-order valence-electron chi connectivity index (χ0n) is 13.0. The van der Waals surface area contributed by atoms with Crippen LogP contribution >= 0.6 is 0 Å². The molecule has 7 nitrogen and oxygen atoms in total. The van der Waals surface area contributed by atoms with Gasteiger partial charge in [0.15, 0.2) is 0 Å². The summed E-state index contributed by atoms with van der Waals surface area (Å²) < 4.78 is 36.5. The Balaban J connectivity index is 4.16. The molecular formula is C11H24O7Si2. The van der Waals surface area contributed by atoms with Crippen molar-refractivity contribution in [2.45, 2.75) is 12.8 Å². The van der Waals surface area contributed by atoms with Crippen molar-refractivity contribution in [3.05, 3.63) is 0 Å². The van der Waals surface area contributed by atoms with E-state index in [-0.39, 0.29) is 0 Å². The van der Waals surface area contributed by atoms with E-state index in [2.05, 4.69) is 11.5 Å². The van der Waals surface area contributed by atoms with E-state index in [4.69, 9.17) is 31.0 Å². The molecule has 0 aromatic carbocycles. The molecule has 9 heteroatoms. The Bertz CT molecular complexity index is 291. The highest BCUT2D eigenvalue weighted by Crippen LogP contribution is 2.09. The van der Waals surface area contributed by atoms with Gasteiger partial charge in [0, 0.05) is 55.7 Å². The average molecular weight is 324 g/mol. The van der Waals surface area contributed by atoms with Crippen LogP contribution in [-0.2, 0) is 31.0 Å². The quantitative estimate of drug-likeness (QED) is 0.331. The molecule has 118 valence electrons. The van der Waals surface area contributed by atoms with Crippen molar-refractivity contribution in [2.75, 3.05) is 49.3 Å². The summed E-state index contributed by atoms with van der Waals surface area (Å²) in [6, 6.07) is 0. The third-order valence-electron chi connectivity index (χ3n) is 2.52. The molecule has 0 rings (SSSR count). The van der Waals surface area contributed by atoms with E-state index in [0.717, 1.165) is 0 Å². The van der Waals surface area contributed by atoms with Crippen LogP contribution in [0.5, 0.6) is 0 Å². The first-order valence-electron chi connectivity index (χ1n) is 6.02. The number of hydrogen-bond acceptors (Lipinski definition) is 7. The lowest BCUT2D eigenvalue weighted by Crippen LogP contribution is -2.46. The molecule has 0 saturated heterocycles. The van der Waals surface area contributed by atoms with Crippen LogP contribution in [0.1, 0.15) is 12.8 Å². The fourth-order valence-electron chi connectivity index (χ4n) is 1.36. The van der Waals surface area contributed by atoms with Crippen LogP contribution in [0.2, 0.25) is 0 Å². The average Bonchev–Trinajstić information content (AvgIpc) is 2.52. The Morgan fingerprint density at radius 3 is 1.65 bits per heavy atom. The monoisotopic (exact) mass is 324 g/mol. The normalized spacial score (nSPS) is 12.1. The Hall–Kier alpha value is -0.286. The molecule has 0 N–H and O–H groups in total. The summed E-state index contributed by atoms with van der Waals surface area (Å²) in [5, 5.41) is 0. The second-order valence-corrected chi connectivity index (χ2v) is 8.64. The van der Waals surface area contributed by atoms with E-state index in [0.29, 0.717) is 19.4 Å². The van der Waals surface area contributed by atoms with E-state index < -0.39 is 17.9 Å². The van der Waals surface area contributed by atoms with E-state index >= 15 is 0 Å². The van der Waals surface area contributed by atoms with Crippen LogP contribution < -0.4 is 0 Å². The molecule has 0 spiro atoms. The first kappa shape index (κ1) is 19.7. The summed E-state index contributed by atoms with van der Waals surface area (Å²) in [6.07, 6.45) is 1.33. The largest absolute Gasteiger partial charge is 0.678 e. The third kappa shape index (κ3) is 6.00. The Kier molecular flexibility index (Phi) is 10.3. The van der Waals surface area contributed by atoms with Crippen molar-refractivity contribution in [1.29, 1.82) is 0 Å². The zero-order chi connectivity index (χ0) is 15.5. The van der Waals surface area contributed by atoms with Gasteiger partial charge in [0.2, 0.25) is 0 Å². The lowest BCUT2D eigenvalue weighted by Gasteiger charge is -2.22. The Morgan fingerprint density at radius 2 is 1.25 bits per heavy atom. The van der Waals surface area contributed by atoms with Gasteiger partial charge in [-0.3, -0.25) is 0 Å². The first-order chi connectivity index (χ1) is 9.57. The SMILES string of the molecule is CO[Si](C#CCCCO[Si](OC)(OC)OC)(OC)OC. The van der Waals surface area contributed by atoms with Crippen LogP contribution in [-0.4, -0.2) is 67.1 Å². The first-order valence-corrected chi connectivity index (χ1v) is 9.38. The van der Waals surface area contributed by atoms with Gasteiger partial charge >= 0.3 is 17.9 Å². The standard InChI is InChI=1S/C11H24O7Si2/c1-12-19(13-2,14-3)11-9-7-8-10-18-20(15-4,16-5)17-6/h7-8,10H2,1-6H3. The molecule has 0 atom stereocenters. The zero-order valence-corrected chi connectivity index (χ0v) is 15.0. The predicted molar refractivity (Wildman–Crippen MR) is 76.5 cm³/mol. The molecule has 0 aromatic rings. The van der Waals surface area contributed by atoms with Crippen molar-refractivity contribution >= 4 is 17.9 Å². The van der Waals surface area contributed by atoms with Crippen molar-refractivity contribution in [1.82, 2.24) is 0 Å². The second-order valence-electron chi connectivity index (χ2n) is 3.53. The maximum Gasteiger partial charge on any atom is 0.678 e. The van der Waals surface area contributed by atoms with Gasteiger partial charge in [0.25, 0.3) is 0 Å². The minimum absolute atomic E-state index is 0.428. The smallest absolute Gasteiger partial charge is 0.367 e. The topological polar surface area (TPSA) is 64.6 Å². The van der Waals surface area contributed by atoms with Crippen molar-refractivity contribution in [3.8, 4) is 11.5 Å². The van der Waals surface area contributed by atoms with Crippen LogP contribution in [0.4, 0.5) is 0 Å². The fourth-order valence-corrected chi connectivity index (χ4v) is 3.75. The number of hydrogen-bond donors (Lipinski definition) is 0. The highest BCUT2D eigenvalue weighted by atomic mass is 28.4. The second kappa shape index (κ2) is 10.4. The van der Waals surface area contributed by atoms with Gasteiger partial charge < -0.3 is 31.0 Å². The number of unbranched alkanes of at least 4 members (excludes halogenated alkanes) is 1. The maximum absolute atomic E-state index is 5.51. The molecule has 0 fully saturated rings. The summed E-state index contributed by atoms with van der Waals surface area (Å²) >= 11 is 0. The van der Waals surface area contributed by atoms with E-state index in [1.54, 1.807) is 0 Å². The van der Waals surface area contributed by atoms with Gasteiger partial charge in [0.1, 0.15) is 0 Å². The fraction of sp³-hybridized carbons (Fsp3) is 0.818. The third-order valence-corrected chi connectivity index (χ3v) is 6.68. The molecule has 0 aliphatic carbocycles. The van der Waals surface area contributed by atoms with Gasteiger partial charge in [-0.05, 0) is 12.0 Å². The lowest BCUT2D eigenvalue weighted by molar-refractivity contribution is 0.00561. The van der Waals surface area contributed by atoms with E-state index in [1.165, 1.54) is 42.7 Å². The summed E-state index contributed by atoms with van der Waals surface area (Å²) in [5.74, 6) is 2.97. The van der Waals surface area contributed by atoms with Gasteiger partial charge in [-0.25, -0.2) is 0 Å². The molecule has 0 bridgehead atoms. The molecule has 0 radical (unpaired) electrons. The van der Waals surface area contributed by atoms with Crippen LogP contribution in [0, 0.1) is 11.5 Å². The summed E-state index contributed by atoms with van der Waals surface area (Å²) in [6.45, 7) is 0.428. The molecule has 0 aliphatic heterocycles. The van der Waals surface area contributed by atoms with Crippen molar-refractivity contribution in [2.24, 2.45) is 0 Å². The van der Waals surface area contributed by atoms with Gasteiger partial charge in [-0.2, -0.15) is 0 Å². The van der Waals surface area contributed by atoms with E-state index in [9.17, 15) is 0 Å². The Morgan fingerprint density at radius 1 is 0.750 bits per heavy atom. The van der Waals surface area contributed by atoms with Crippen molar-refractivity contribution in [3.63, 3.8) is 0 Å². The molecular weight excluding hydrogens is 300 g/mol. The highest BCUT2D eigenvalue weighted by molar-refractivity contribution is 6.69. The van der Waals surface area contributed by atoms with Gasteiger partial charge in [0.05, 0.1) is 0 Å². The van der Waals surface area contributed by atoms with Crippen LogP contribution in [0.25, 0.3) is 0 Å². The summed E-state index contributed by atoms with van der Waals surface area (Å²) in [7, 11) is 3.30. The van der Waals surface area contributed by atoms with Crippen LogP contribution in [0.3, 0.4) is 0 Å². The lowest BCUT2D eigenvalue weighted by atomic mass is 10.3. The molecule has 20 heavy (non-hydrogen) atoms.